The van der Waals surface area contributed by atoms with Crippen LogP contribution >= 0.6 is 0 Å². The van der Waals surface area contributed by atoms with Gasteiger partial charge in [0.15, 0.2) is 0 Å². The lowest BCUT2D eigenvalue weighted by atomic mass is 10.1. The Kier molecular flexibility index (Phi) is 4.94. The van der Waals surface area contributed by atoms with E-state index in [0.29, 0.717) is 0 Å². The van der Waals surface area contributed by atoms with E-state index in [2.05, 4.69) is 5.32 Å². The predicted octanol–water partition coefficient (Wildman–Crippen LogP) is 1.45. The first-order chi connectivity index (χ1) is 8.82. The van der Waals surface area contributed by atoms with E-state index in [1.165, 1.54) is 0 Å². The summed E-state index contributed by atoms with van der Waals surface area (Å²) in [4.78, 5) is 21.6. The van der Waals surface area contributed by atoms with Crippen molar-refractivity contribution in [3.8, 4) is 0 Å². The van der Waals surface area contributed by atoms with Gasteiger partial charge in [0.1, 0.15) is 5.82 Å². The summed E-state index contributed by atoms with van der Waals surface area (Å²) in [5.74, 6) is -1.35. The molecule has 1 rings (SSSR count). The van der Waals surface area contributed by atoms with Crippen LogP contribution in [0.2, 0.25) is 0 Å². The lowest BCUT2D eigenvalue weighted by Gasteiger charge is -2.16. The number of carbonyl (C=O) groups is 1. The number of non-ortho nitro benzene ring substituents is 1. The van der Waals surface area contributed by atoms with Crippen LogP contribution in [0.1, 0.15) is 24.2 Å². The van der Waals surface area contributed by atoms with E-state index < -0.39 is 16.6 Å². The molecule has 1 aromatic carbocycles. The summed E-state index contributed by atoms with van der Waals surface area (Å²) >= 11 is 0. The molecule has 7 heteroatoms. The monoisotopic (exact) mass is 269 g/mol. The summed E-state index contributed by atoms with van der Waals surface area (Å²) in [6.07, 6.45) is 0. The molecular weight excluding hydrogens is 253 g/mol. The Labute approximate surface area is 109 Å². The molecule has 19 heavy (non-hydrogen) atoms. The zero-order valence-electron chi connectivity index (χ0n) is 10.7. The second-order valence-corrected chi connectivity index (χ2v) is 4.54. The molecular formula is C12H16FN3O3. The molecule has 0 aromatic heterocycles. The maximum Gasteiger partial charge on any atom is 0.270 e. The molecule has 1 aromatic rings. The SMILES string of the molecule is CC(C)C(N)CNC(=O)c1cc([N+](=O)[O-])ccc1F. The molecule has 0 radical (unpaired) electrons. The van der Waals surface area contributed by atoms with E-state index in [1.807, 2.05) is 13.8 Å². The van der Waals surface area contributed by atoms with Crippen LogP contribution in [-0.4, -0.2) is 23.4 Å². The zero-order valence-corrected chi connectivity index (χ0v) is 10.7. The summed E-state index contributed by atoms with van der Waals surface area (Å²) in [7, 11) is 0. The number of nitrogens with zero attached hydrogens (tertiary/aromatic N) is 1. The van der Waals surface area contributed by atoms with Gasteiger partial charge in [0.25, 0.3) is 11.6 Å². The van der Waals surface area contributed by atoms with Crippen molar-refractivity contribution in [2.24, 2.45) is 11.7 Å². The normalized spacial score (nSPS) is 12.3. The van der Waals surface area contributed by atoms with E-state index >= 15 is 0 Å². The van der Waals surface area contributed by atoms with Gasteiger partial charge < -0.3 is 11.1 Å². The Morgan fingerprint density at radius 2 is 2.16 bits per heavy atom. The lowest BCUT2D eigenvalue weighted by Crippen LogP contribution is -2.40. The number of benzene rings is 1. The number of amides is 1. The van der Waals surface area contributed by atoms with Crippen molar-refractivity contribution in [1.82, 2.24) is 5.32 Å². The molecule has 0 aliphatic carbocycles. The maximum atomic E-state index is 13.5. The number of carbonyl (C=O) groups excluding carboxylic acids is 1. The van der Waals surface area contributed by atoms with Crippen molar-refractivity contribution < 1.29 is 14.1 Å². The average Bonchev–Trinajstić information content (AvgIpc) is 2.35. The van der Waals surface area contributed by atoms with Crippen LogP contribution in [0.4, 0.5) is 10.1 Å². The number of hydrogen-bond acceptors (Lipinski definition) is 4. The highest BCUT2D eigenvalue weighted by Gasteiger charge is 2.17. The molecule has 6 nitrogen and oxygen atoms in total. The summed E-state index contributed by atoms with van der Waals surface area (Å²) in [5.41, 5.74) is 5.05. The summed E-state index contributed by atoms with van der Waals surface area (Å²) < 4.78 is 13.5. The van der Waals surface area contributed by atoms with Crippen LogP contribution in [0.15, 0.2) is 18.2 Å². The van der Waals surface area contributed by atoms with E-state index in [1.54, 1.807) is 0 Å². The fraction of sp³-hybridized carbons (Fsp3) is 0.417. The molecule has 0 saturated heterocycles. The number of nitrogens with two attached hydrogens (primary N) is 1. The van der Waals surface area contributed by atoms with Crippen molar-refractivity contribution in [3.05, 3.63) is 39.7 Å². The highest BCUT2D eigenvalue weighted by atomic mass is 19.1. The van der Waals surface area contributed by atoms with Crippen LogP contribution < -0.4 is 11.1 Å². The minimum absolute atomic E-state index is 0.162. The van der Waals surface area contributed by atoms with Gasteiger partial charge in [0.05, 0.1) is 10.5 Å². The molecule has 0 spiro atoms. The van der Waals surface area contributed by atoms with Gasteiger partial charge in [-0.15, -0.1) is 0 Å². The quantitative estimate of drug-likeness (QED) is 0.624. The molecule has 0 fully saturated rings. The van der Waals surface area contributed by atoms with Gasteiger partial charge in [0.2, 0.25) is 0 Å². The minimum atomic E-state index is -0.804. The van der Waals surface area contributed by atoms with Crippen molar-refractivity contribution in [3.63, 3.8) is 0 Å². The summed E-state index contributed by atoms with van der Waals surface area (Å²) in [5, 5.41) is 13.0. The number of halogens is 1. The second kappa shape index (κ2) is 6.24. The van der Waals surface area contributed by atoms with Crippen LogP contribution in [0, 0.1) is 21.8 Å². The van der Waals surface area contributed by atoms with Crippen molar-refractivity contribution in [1.29, 1.82) is 0 Å². The number of nitrogens with one attached hydrogen (secondary N) is 1. The molecule has 104 valence electrons. The molecule has 1 amide bonds. The number of nitro benzene ring substituents is 1. The first kappa shape index (κ1) is 15.0. The van der Waals surface area contributed by atoms with Crippen LogP contribution in [0.5, 0.6) is 0 Å². The number of nitro groups is 1. The van der Waals surface area contributed by atoms with Crippen LogP contribution in [0.3, 0.4) is 0 Å². The Bertz CT molecular complexity index is 491. The Balaban J connectivity index is 2.82. The van der Waals surface area contributed by atoms with Gasteiger partial charge in [-0.25, -0.2) is 4.39 Å². The van der Waals surface area contributed by atoms with Gasteiger partial charge in [-0.05, 0) is 12.0 Å². The predicted molar refractivity (Wildman–Crippen MR) is 68.2 cm³/mol. The van der Waals surface area contributed by atoms with Gasteiger partial charge in [-0.1, -0.05) is 13.8 Å². The van der Waals surface area contributed by atoms with Crippen molar-refractivity contribution in [2.45, 2.75) is 19.9 Å². The summed E-state index contributed by atoms with van der Waals surface area (Å²) in [6, 6.07) is 2.55. The molecule has 1 atom stereocenters. The smallest absolute Gasteiger partial charge is 0.270 e. The Hall–Kier alpha value is -2.02. The molecule has 0 saturated carbocycles. The van der Waals surface area contributed by atoms with Gasteiger partial charge in [-0.2, -0.15) is 0 Å². The second-order valence-electron chi connectivity index (χ2n) is 4.54. The molecule has 1 unspecified atom stereocenters. The molecule has 0 aliphatic rings. The van der Waals surface area contributed by atoms with Crippen molar-refractivity contribution >= 4 is 11.6 Å². The van der Waals surface area contributed by atoms with Gasteiger partial charge in [0, 0.05) is 24.7 Å². The molecule has 3 N–H and O–H groups in total. The standard InChI is InChI=1S/C12H16FN3O3/c1-7(2)11(14)6-15-12(17)9-5-8(16(18)19)3-4-10(9)13/h3-5,7,11H,6,14H2,1-2H3,(H,15,17). The maximum absolute atomic E-state index is 13.5. The third kappa shape index (κ3) is 3.99. The minimum Gasteiger partial charge on any atom is -0.350 e. The first-order valence-corrected chi connectivity index (χ1v) is 5.80. The van der Waals surface area contributed by atoms with Crippen LogP contribution in [-0.2, 0) is 0 Å². The topological polar surface area (TPSA) is 98.3 Å². The largest absolute Gasteiger partial charge is 0.350 e. The first-order valence-electron chi connectivity index (χ1n) is 5.80. The molecule has 0 heterocycles. The number of hydrogen-bond donors (Lipinski definition) is 2. The lowest BCUT2D eigenvalue weighted by molar-refractivity contribution is -0.384. The average molecular weight is 269 g/mol. The fourth-order valence-electron chi connectivity index (χ4n) is 1.34. The highest BCUT2D eigenvalue weighted by molar-refractivity contribution is 5.95. The number of rotatable bonds is 5. The third-order valence-electron chi connectivity index (χ3n) is 2.76. The van der Waals surface area contributed by atoms with E-state index in [0.717, 1.165) is 18.2 Å². The molecule has 0 bridgehead atoms. The zero-order chi connectivity index (χ0) is 14.6. The Morgan fingerprint density at radius 1 is 1.53 bits per heavy atom. The van der Waals surface area contributed by atoms with E-state index in [9.17, 15) is 19.3 Å². The highest BCUT2D eigenvalue weighted by Crippen LogP contribution is 2.16. The van der Waals surface area contributed by atoms with Gasteiger partial charge in [-0.3, -0.25) is 14.9 Å². The van der Waals surface area contributed by atoms with E-state index in [-0.39, 0.29) is 29.8 Å². The van der Waals surface area contributed by atoms with Crippen LogP contribution in [0.25, 0.3) is 0 Å². The Morgan fingerprint density at radius 3 is 2.68 bits per heavy atom. The van der Waals surface area contributed by atoms with E-state index in [4.69, 9.17) is 5.73 Å². The van der Waals surface area contributed by atoms with Gasteiger partial charge >= 0.3 is 0 Å². The molecule has 0 aliphatic heterocycles. The fourth-order valence-corrected chi connectivity index (χ4v) is 1.34. The van der Waals surface area contributed by atoms with Crippen molar-refractivity contribution in [2.75, 3.05) is 6.54 Å². The summed E-state index contributed by atoms with van der Waals surface area (Å²) in [6.45, 7) is 3.97. The third-order valence-corrected chi connectivity index (χ3v) is 2.76.